The molecule has 0 bridgehead atoms. The van der Waals surface area contributed by atoms with Gasteiger partial charge in [-0.05, 0) is 45.8 Å². The first kappa shape index (κ1) is 15.1. The van der Waals surface area contributed by atoms with E-state index >= 15 is 0 Å². The van der Waals surface area contributed by atoms with Crippen molar-refractivity contribution in [2.45, 2.75) is 6.54 Å². The predicted octanol–water partition coefficient (Wildman–Crippen LogP) is 1.75. The number of nitrogens with zero attached hydrogens (tertiary/aromatic N) is 1. The molecule has 0 fully saturated rings. The molecule has 0 unspecified atom stereocenters. The standard InChI is InChI=1S/C14H14BrN3O3/c15-12-6-5-11(21-12)14(20)18(8-13(17)19)7-9-1-3-10(16)4-2-9/h1-6H,7-8,16H2,(H2,17,19). The van der Waals surface area contributed by atoms with Crippen LogP contribution in [0.3, 0.4) is 0 Å². The SMILES string of the molecule is NC(=O)CN(Cc1ccc(N)cc1)C(=O)c1ccc(Br)o1. The van der Waals surface area contributed by atoms with Gasteiger partial charge in [0.15, 0.2) is 10.4 Å². The largest absolute Gasteiger partial charge is 0.444 e. The first-order valence-electron chi connectivity index (χ1n) is 6.13. The van der Waals surface area contributed by atoms with Crippen LogP contribution in [0.4, 0.5) is 5.69 Å². The van der Waals surface area contributed by atoms with Gasteiger partial charge in [-0.25, -0.2) is 0 Å². The van der Waals surface area contributed by atoms with Gasteiger partial charge in [0, 0.05) is 12.2 Å². The Bertz CT molecular complexity index is 652. The highest BCUT2D eigenvalue weighted by Crippen LogP contribution is 2.17. The smallest absolute Gasteiger partial charge is 0.290 e. The third-order valence-corrected chi connectivity index (χ3v) is 3.20. The number of benzene rings is 1. The lowest BCUT2D eigenvalue weighted by molar-refractivity contribution is -0.118. The van der Waals surface area contributed by atoms with Crippen molar-refractivity contribution in [2.24, 2.45) is 5.73 Å². The maximum Gasteiger partial charge on any atom is 0.290 e. The van der Waals surface area contributed by atoms with Crippen molar-refractivity contribution in [3.63, 3.8) is 0 Å². The van der Waals surface area contributed by atoms with Gasteiger partial charge in [-0.1, -0.05) is 12.1 Å². The van der Waals surface area contributed by atoms with E-state index in [1.165, 1.54) is 11.0 Å². The predicted molar refractivity (Wildman–Crippen MR) is 81.2 cm³/mol. The molecule has 0 aliphatic rings. The molecular weight excluding hydrogens is 338 g/mol. The summed E-state index contributed by atoms with van der Waals surface area (Å²) in [5.41, 5.74) is 12.3. The number of furan rings is 1. The minimum atomic E-state index is -0.593. The Morgan fingerprint density at radius 2 is 1.81 bits per heavy atom. The summed E-state index contributed by atoms with van der Waals surface area (Å²) in [6, 6.07) is 10.2. The number of rotatable bonds is 5. The number of nitrogens with two attached hydrogens (primary N) is 2. The molecule has 1 aromatic heterocycles. The molecule has 4 N–H and O–H groups in total. The second-order valence-corrected chi connectivity index (χ2v) is 5.25. The molecule has 0 atom stereocenters. The summed E-state index contributed by atoms with van der Waals surface area (Å²) in [4.78, 5) is 24.8. The van der Waals surface area contributed by atoms with Crippen LogP contribution in [0.1, 0.15) is 16.1 Å². The van der Waals surface area contributed by atoms with Gasteiger partial charge in [0.1, 0.15) is 6.54 Å². The van der Waals surface area contributed by atoms with Crippen LogP contribution < -0.4 is 11.5 Å². The Hall–Kier alpha value is -2.28. The first-order chi connectivity index (χ1) is 9.95. The number of anilines is 1. The Kier molecular flexibility index (Phi) is 4.64. The Balaban J connectivity index is 2.19. The van der Waals surface area contributed by atoms with E-state index in [1.54, 1.807) is 30.3 Å². The summed E-state index contributed by atoms with van der Waals surface area (Å²) >= 11 is 3.13. The van der Waals surface area contributed by atoms with Gasteiger partial charge in [-0.2, -0.15) is 0 Å². The number of primary amides is 1. The lowest BCUT2D eigenvalue weighted by Gasteiger charge is -2.20. The molecule has 0 saturated heterocycles. The van der Waals surface area contributed by atoms with Crippen LogP contribution >= 0.6 is 15.9 Å². The molecule has 1 heterocycles. The average Bonchev–Trinajstić information content (AvgIpc) is 2.86. The van der Waals surface area contributed by atoms with Gasteiger partial charge in [0.2, 0.25) is 5.91 Å². The van der Waals surface area contributed by atoms with Crippen LogP contribution in [0, 0.1) is 0 Å². The average molecular weight is 352 g/mol. The maximum absolute atomic E-state index is 12.3. The van der Waals surface area contributed by atoms with Gasteiger partial charge >= 0.3 is 0 Å². The van der Waals surface area contributed by atoms with Gasteiger partial charge < -0.3 is 20.8 Å². The zero-order valence-electron chi connectivity index (χ0n) is 11.1. The monoisotopic (exact) mass is 351 g/mol. The molecule has 2 aromatic rings. The fourth-order valence-electron chi connectivity index (χ4n) is 1.82. The van der Waals surface area contributed by atoms with Gasteiger partial charge in [-0.3, -0.25) is 9.59 Å². The van der Waals surface area contributed by atoms with E-state index in [0.717, 1.165) is 5.56 Å². The molecule has 2 amide bonds. The number of nitrogen functional groups attached to an aromatic ring is 1. The van der Waals surface area contributed by atoms with E-state index in [2.05, 4.69) is 15.9 Å². The molecule has 0 aliphatic carbocycles. The van der Waals surface area contributed by atoms with Crippen molar-refractivity contribution in [3.05, 3.63) is 52.4 Å². The quantitative estimate of drug-likeness (QED) is 0.800. The first-order valence-corrected chi connectivity index (χ1v) is 6.92. The molecule has 6 nitrogen and oxygen atoms in total. The number of halogens is 1. The van der Waals surface area contributed by atoms with Crippen LogP contribution in [-0.2, 0) is 11.3 Å². The van der Waals surface area contributed by atoms with Gasteiger partial charge in [0.05, 0.1) is 0 Å². The molecular formula is C14H14BrN3O3. The van der Waals surface area contributed by atoms with Crippen LogP contribution in [0.5, 0.6) is 0 Å². The second-order valence-electron chi connectivity index (χ2n) is 4.47. The van der Waals surface area contributed by atoms with E-state index in [4.69, 9.17) is 15.9 Å². The topological polar surface area (TPSA) is 103 Å². The van der Waals surface area contributed by atoms with Crippen LogP contribution in [-0.4, -0.2) is 23.3 Å². The second kappa shape index (κ2) is 6.45. The van der Waals surface area contributed by atoms with E-state index in [-0.39, 0.29) is 18.8 Å². The fraction of sp³-hybridized carbons (Fsp3) is 0.143. The zero-order chi connectivity index (χ0) is 15.4. The van der Waals surface area contributed by atoms with E-state index in [0.29, 0.717) is 10.4 Å². The summed E-state index contributed by atoms with van der Waals surface area (Å²) in [5, 5.41) is 0. The highest BCUT2D eigenvalue weighted by Gasteiger charge is 2.21. The lowest BCUT2D eigenvalue weighted by atomic mass is 10.2. The van der Waals surface area contributed by atoms with Crippen molar-refractivity contribution >= 4 is 33.4 Å². The maximum atomic E-state index is 12.3. The van der Waals surface area contributed by atoms with E-state index in [9.17, 15) is 9.59 Å². The van der Waals surface area contributed by atoms with Crippen molar-refractivity contribution in [1.29, 1.82) is 0 Å². The molecule has 0 spiro atoms. The third kappa shape index (κ3) is 4.09. The molecule has 110 valence electrons. The highest BCUT2D eigenvalue weighted by atomic mass is 79.9. The van der Waals surface area contributed by atoms with Crippen LogP contribution in [0.25, 0.3) is 0 Å². The van der Waals surface area contributed by atoms with Crippen molar-refractivity contribution in [2.75, 3.05) is 12.3 Å². The Morgan fingerprint density at radius 3 is 2.33 bits per heavy atom. The zero-order valence-corrected chi connectivity index (χ0v) is 12.7. The van der Waals surface area contributed by atoms with Crippen molar-refractivity contribution in [1.82, 2.24) is 4.90 Å². The number of hydrogen-bond donors (Lipinski definition) is 2. The normalized spacial score (nSPS) is 10.3. The van der Waals surface area contributed by atoms with Gasteiger partial charge in [0.25, 0.3) is 5.91 Å². The summed E-state index contributed by atoms with van der Waals surface area (Å²) in [6.45, 7) is 0.0436. The molecule has 0 saturated carbocycles. The molecule has 7 heteroatoms. The fourth-order valence-corrected chi connectivity index (χ4v) is 2.12. The lowest BCUT2D eigenvalue weighted by Crippen LogP contribution is -2.37. The molecule has 0 aliphatic heterocycles. The van der Waals surface area contributed by atoms with E-state index < -0.39 is 11.8 Å². The summed E-state index contributed by atoms with van der Waals surface area (Å²) in [5.74, 6) is -0.862. The Labute approximate surface area is 129 Å². The summed E-state index contributed by atoms with van der Waals surface area (Å²) in [6.07, 6.45) is 0. The van der Waals surface area contributed by atoms with Crippen molar-refractivity contribution in [3.8, 4) is 0 Å². The third-order valence-electron chi connectivity index (χ3n) is 2.77. The molecule has 2 rings (SSSR count). The van der Waals surface area contributed by atoms with Crippen LogP contribution in [0.15, 0.2) is 45.5 Å². The number of hydrogen-bond acceptors (Lipinski definition) is 4. The number of carbonyl (C=O) groups is 2. The molecule has 0 radical (unpaired) electrons. The number of carbonyl (C=O) groups excluding carboxylic acids is 2. The highest BCUT2D eigenvalue weighted by molar-refractivity contribution is 9.10. The van der Waals surface area contributed by atoms with Crippen LogP contribution in [0.2, 0.25) is 0 Å². The van der Waals surface area contributed by atoms with Crippen molar-refractivity contribution < 1.29 is 14.0 Å². The molecule has 1 aromatic carbocycles. The summed E-state index contributed by atoms with van der Waals surface area (Å²) < 4.78 is 5.66. The minimum Gasteiger partial charge on any atom is -0.444 e. The summed E-state index contributed by atoms with van der Waals surface area (Å²) in [7, 11) is 0. The molecule has 21 heavy (non-hydrogen) atoms. The van der Waals surface area contributed by atoms with E-state index in [1.807, 2.05) is 0 Å². The number of amides is 2. The van der Waals surface area contributed by atoms with Gasteiger partial charge in [-0.15, -0.1) is 0 Å². The minimum absolute atomic E-state index is 0.138. The Morgan fingerprint density at radius 1 is 1.14 bits per heavy atom.